The molecule has 4 rings (SSSR count). The summed E-state index contributed by atoms with van der Waals surface area (Å²) in [5.41, 5.74) is 0.102. The minimum atomic E-state index is -1.57. The molecular weight excluding hydrogens is 307 g/mol. The van der Waals surface area contributed by atoms with Crippen LogP contribution in [0.3, 0.4) is 0 Å². The molecule has 2 aliphatic rings. The maximum atomic E-state index is 13.9. The van der Waals surface area contributed by atoms with Crippen LogP contribution in [0.15, 0.2) is 47.4 Å². The van der Waals surface area contributed by atoms with E-state index >= 15 is 0 Å². The fraction of sp³-hybridized carbons (Fsp3) is 0. The van der Waals surface area contributed by atoms with Gasteiger partial charge < -0.3 is 4.98 Å². The molecule has 0 atom stereocenters. The maximum Gasteiger partial charge on any atom is 0.282 e. The summed E-state index contributed by atoms with van der Waals surface area (Å²) in [6.45, 7) is 0. The van der Waals surface area contributed by atoms with Crippen LogP contribution >= 0.6 is 0 Å². The number of benzene rings is 2. The lowest BCUT2D eigenvalue weighted by Gasteiger charge is -2.05. The molecule has 0 saturated carbocycles. The van der Waals surface area contributed by atoms with Crippen LogP contribution in [-0.4, -0.2) is 14.8 Å². The Balaban J connectivity index is 2.12. The average Bonchev–Trinajstić information content (AvgIpc) is 2.91. The van der Waals surface area contributed by atoms with E-state index in [9.17, 15) is 18.0 Å². The predicted octanol–water partition coefficient (Wildman–Crippen LogP) is 3.24. The van der Waals surface area contributed by atoms with Crippen molar-refractivity contribution >= 4 is 10.9 Å². The molecule has 0 spiro atoms. The fourth-order valence-corrected chi connectivity index (χ4v) is 2.56. The summed E-state index contributed by atoms with van der Waals surface area (Å²) in [5, 5.41) is 4.16. The van der Waals surface area contributed by atoms with Crippen molar-refractivity contribution in [2.24, 2.45) is 0 Å². The van der Waals surface area contributed by atoms with Gasteiger partial charge in [0.1, 0.15) is 5.69 Å². The highest BCUT2D eigenvalue weighted by molar-refractivity contribution is 5.93. The highest BCUT2D eigenvalue weighted by Crippen LogP contribution is 2.29. The zero-order chi connectivity index (χ0) is 16.1. The summed E-state index contributed by atoms with van der Waals surface area (Å²) >= 11 is 0. The summed E-state index contributed by atoms with van der Waals surface area (Å²) in [7, 11) is 0. The summed E-state index contributed by atoms with van der Waals surface area (Å²) in [6.07, 6.45) is 1.24. The van der Waals surface area contributed by atoms with Crippen molar-refractivity contribution < 1.29 is 13.2 Å². The average molecular weight is 315 g/mol. The molecule has 0 fully saturated rings. The molecule has 7 heteroatoms. The standard InChI is InChI=1S/C16H8F3N3O/c17-11-6-9-14-10(7-20-15(9)13(19)12(11)18)16(23)22(21-14)8-4-2-1-3-5-8/h1-7,20H. The van der Waals surface area contributed by atoms with Crippen molar-refractivity contribution in [2.45, 2.75) is 0 Å². The minimum absolute atomic E-state index is 0.00526. The van der Waals surface area contributed by atoms with Crippen LogP contribution in [0.1, 0.15) is 0 Å². The highest BCUT2D eigenvalue weighted by Gasteiger charge is 2.23. The van der Waals surface area contributed by atoms with Gasteiger partial charge in [0, 0.05) is 11.6 Å². The number of hydrogen-bond acceptors (Lipinski definition) is 2. The van der Waals surface area contributed by atoms with Crippen molar-refractivity contribution in [1.29, 1.82) is 0 Å². The summed E-state index contributed by atoms with van der Waals surface area (Å²) in [4.78, 5) is 14.9. The Bertz CT molecular complexity index is 1070. The molecule has 1 N–H and O–H groups in total. The number of aromatic amines is 1. The number of aromatic nitrogens is 3. The van der Waals surface area contributed by atoms with Crippen molar-refractivity contribution in [2.75, 3.05) is 0 Å². The van der Waals surface area contributed by atoms with Crippen LogP contribution in [0, 0.1) is 17.5 Å². The summed E-state index contributed by atoms with van der Waals surface area (Å²) in [5.74, 6) is -4.25. The van der Waals surface area contributed by atoms with Gasteiger partial charge in [-0.2, -0.15) is 9.78 Å². The first-order valence-corrected chi connectivity index (χ1v) is 6.71. The quantitative estimate of drug-likeness (QED) is 0.548. The predicted molar refractivity (Wildman–Crippen MR) is 78.2 cm³/mol. The van der Waals surface area contributed by atoms with E-state index in [1.165, 1.54) is 6.20 Å². The van der Waals surface area contributed by atoms with E-state index in [1.54, 1.807) is 30.3 Å². The van der Waals surface area contributed by atoms with Crippen LogP contribution in [0.4, 0.5) is 13.2 Å². The SMILES string of the molecule is O=c1c2c[nH]c3c(F)c(F)c(F)cc3c-2nn1-c1ccccc1. The lowest BCUT2D eigenvalue weighted by molar-refractivity contribution is 0.452. The molecule has 4 nitrogen and oxygen atoms in total. The number of rotatable bonds is 1. The Kier molecular flexibility index (Phi) is 2.77. The maximum absolute atomic E-state index is 13.9. The Hall–Kier alpha value is -3.09. The first kappa shape index (κ1) is 13.6. The molecule has 0 aromatic heterocycles. The van der Waals surface area contributed by atoms with Crippen molar-refractivity contribution in [3.05, 3.63) is 70.4 Å². The van der Waals surface area contributed by atoms with Crippen LogP contribution < -0.4 is 5.56 Å². The second kappa shape index (κ2) is 4.70. The third-order valence-electron chi connectivity index (χ3n) is 3.66. The van der Waals surface area contributed by atoms with Crippen LogP contribution in [-0.2, 0) is 0 Å². The van der Waals surface area contributed by atoms with E-state index in [2.05, 4.69) is 10.1 Å². The third-order valence-corrected chi connectivity index (χ3v) is 3.66. The van der Waals surface area contributed by atoms with Crippen molar-refractivity contribution in [3.8, 4) is 16.9 Å². The lowest BCUT2D eigenvalue weighted by atomic mass is 10.1. The van der Waals surface area contributed by atoms with E-state index in [0.29, 0.717) is 5.69 Å². The topological polar surface area (TPSA) is 50.7 Å². The zero-order valence-corrected chi connectivity index (χ0v) is 11.5. The van der Waals surface area contributed by atoms with Gasteiger partial charge in [-0.15, -0.1) is 0 Å². The summed E-state index contributed by atoms with van der Waals surface area (Å²) < 4.78 is 41.9. The van der Waals surface area contributed by atoms with Gasteiger partial charge in [0.25, 0.3) is 5.56 Å². The van der Waals surface area contributed by atoms with Gasteiger partial charge in [0.15, 0.2) is 17.5 Å². The number of hydrogen-bond donors (Lipinski definition) is 1. The molecule has 2 aromatic rings. The third kappa shape index (κ3) is 1.86. The highest BCUT2D eigenvalue weighted by atomic mass is 19.2. The Morgan fingerprint density at radius 3 is 2.52 bits per heavy atom. The normalized spacial score (nSPS) is 11.4. The van der Waals surface area contributed by atoms with Crippen molar-refractivity contribution in [3.63, 3.8) is 0 Å². The number of para-hydroxylation sites is 1. The first-order valence-electron chi connectivity index (χ1n) is 6.71. The molecule has 0 bridgehead atoms. The molecule has 0 aliphatic carbocycles. The number of pyridine rings is 1. The molecule has 2 heterocycles. The van der Waals surface area contributed by atoms with Gasteiger partial charge in [-0.05, 0) is 18.2 Å². The van der Waals surface area contributed by atoms with Gasteiger partial charge in [-0.3, -0.25) is 4.79 Å². The van der Waals surface area contributed by atoms with Gasteiger partial charge >= 0.3 is 0 Å². The first-order chi connectivity index (χ1) is 11.1. The smallest absolute Gasteiger partial charge is 0.282 e. The number of halogens is 3. The second-order valence-electron chi connectivity index (χ2n) is 5.01. The van der Waals surface area contributed by atoms with E-state index in [-0.39, 0.29) is 22.2 Å². The molecule has 0 radical (unpaired) electrons. The van der Waals surface area contributed by atoms with E-state index in [1.807, 2.05) is 0 Å². The van der Waals surface area contributed by atoms with Gasteiger partial charge in [0.05, 0.1) is 16.8 Å². The van der Waals surface area contributed by atoms with Gasteiger partial charge in [0.2, 0.25) is 0 Å². The second-order valence-corrected chi connectivity index (χ2v) is 5.01. The fourth-order valence-electron chi connectivity index (χ4n) is 2.56. The van der Waals surface area contributed by atoms with Crippen molar-refractivity contribution in [1.82, 2.24) is 14.8 Å². The molecule has 2 aromatic carbocycles. The number of nitrogens with zero attached hydrogens (tertiary/aromatic N) is 2. The lowest BCUT2D eigenvalue weighted by Crippen LogP contribution is -2.14. The van der Waals surface area contributed by atoms with E-state index in [0.717, 1.165) is 10.7 Å². The molecule has 2 aliphatic heterocycles. The minimum Gasteiger partial charge on any atom is -0.358 e. The summed E-state index contributed by atoms with van der Waals surface area (Å²) in [6, 6.07) is 9.45. The number of fused-ring (bicyclic) bond motifs is 3. The zero-order valence-electron chi connectivity index (χ0n) is 11.5. The van der Waals surface area contributed by atoms with Gasteiger partial charge in [-0.1, -0.05) is 18.2 Å². The Labute approximate surface area is 127 Å². The molecule has 114 valence electrons. The molecule has 0 unspecified atom stereocenters. The Morgan fingerprint density at radius 1 is 1.04 bits per heavy atom. The molecule has 0 saturated heterocycles. The number of nitrogens with one attached hydrogen (secondary N) is 1. The van der Waals surface area contributed by atoms with Crippen LogP contribution in [0.25, 0.3) is 27.8 Å². The van der Waals surface area contributed by atoms with Crippen LogP contribution in [0.2, 0.25) is 0 Å². The monoisotopic (exact) mass is 315 g/mol. The Morgan fingerprint density at radius 2 is 1.78 bits per heavy atom. The molecule has 23 heavy (non-hydrogen) atoms. The molecule has 0 amide bonds. The van der Waals surface area contributed by atoms with E-state index < -0.39 is 23.0 Å². The van der Waals surface area contributed by atoms with Gasteiger partial charge in [-0.25, -0.2) is 13.2 Å². The van der Waals surface area contributed by atoms with Crippen LogP contribution in [0.5, 0.6) is 0 Å². The molecular formula is C16H8F3N3O. The number of H-pyrrole nitrogens is 1. The largest absolute Gasteiger partial charge is 0.358 e. The van der Waals surface area contributed by atoms with E-state index in [4.69, 9.17) is 0 Å².